The highest BCUT2D eigenvalue weighted by Crippen LogP contribution is 2.34. The van der Waals surface area contributed by atoms with Crippen LogP contribution in [0, 0.1) is 11.8 Å². The summed E-state index contributed by atoms with van der Waals surface area (Å²) in [6, 6.07) is 8.19. The van der Waals surface area contributed by atoms with Crippen LogP contribution in [-0.2, 0) is 4.79 Å². The zero-order valence-corrected chi connectivity index (χ0v) is 14.2. The summed E-state index contributed by atoms with van der Waals surface area (Å²) in [5.41, 5.74) is 1.13. The number of hydrogen-bond donors (Lipinski definition) is 1. The Kier molecular flexibility index (Phi) is 5.58. The minimum absolute atomic E-state index is 0.116. The fourth-order valence-corrected chi connectivity index (χ4v) is 3.99. The Balaban J connectivity index is 1.53. The van der Waals surface area contributed by atoms with E-state index in [-0.39, 0.29) is 17.9 Å². The molecule has 1 amide bonds. The minimum atomic E-state index is 0.116. The zero-order valence-electron chi connectivity index (χ0n) is 14.2. The Morgan fingerprint density at radius 3 is 2.74 bits per heavy atom. The molecular formula is C20H29NO2. The molecule has 3 nitrogen and oxygen atoms in total. The highest BCUT2D eigenvalue weighted by atomic mass is 16.5. The normalized spacial score (nSPS) is 26.9. The largest absolute Gasteiger partial charge is 0.493 e. The summed E-state index contributed by atoms with van der Waals surface area (Å²) in [6.45, 7) is 2.94. The maximum absolute atomic E-state index is 12.6. The quantitative estimate of drug-likeness (QED) is 0.861. The maximum Gasteiger partial charge on any atom is 0.223 e. The Labute approximate surface area is 139 Å². The number of carbonyl (C=O) groups excluding carboxylic acids is 1. The molecular weight excluding hydrogens is 286 g/mol. The fourth-order valence-electron chi connectivity index (χ4n) is 3.99. The number of nitrogens with one attached hydrogen (secondary N) is 1. The van der Waals surface area contributed by atoms with Crippen LogP contribution in [0.15, 0.2) is 24.3 Å². The summed E-state index contributed by atoms with van der Waals surface area (Å²) < 4.78 is 5.68. The fraction of sp³-hybridized carbons (Fsp3) is 0.650. The van der Waals surface area contributed by atoms with E-state index < -0.39 is 0 Å². The molecule has 0 spiro atoms. The third-order valence-corrected chi connectivity index (χ3v) is 5.46. The van der Waals surface area contributed by atoms with Crippen LogP contribution in [0.3, 0.4) is 0 Å². The van der Waals surface area contributed by atoms with Crippen molar-refractivity contribution >= 4 is 5.91 Å². The predicted molar refractivity (Wildman–Crippen MR) is 92.4 cm³/mol. The van der Waals surface area contributed by atoms with Crippen LogP contribution in [0.5, 0.6) is 5.75 Å². The average molecular weight is 315 g/mol. The van der Waals surface area contributed by atoms with Crippen LogP contribution in [0.2, 0.25) is 0 Å². The number of ether oxygens (including phenoxy) is 1. The summed E-state index contributed by atoms with van der Waals surface area (Å²) in [6.07, 6.45) is 9.40. The number of rotatable bonds is 5. The molecule has 0 bridgehead atoms. The molecule has 1 saturated carbocycles. The van der Waals surface area contributed by atoms with Crippen molar-refractivity contribution in [1.29, 1.82) is 0 Å². The molecule has 1 fully saturated rings. The van der Waals surface area contributed by atoms with Crippen molar-refractivity contribution < 1.29 is 9.53 Å². The van der Waals surface area contributed by atoms with E-state index in [9.17, 15) is 4.79 Å². The van der Waals surface area contributed by atoms with E-state index in [4.69, 9.17) is 4.74 Å². The number of amides is 1. The lowest BCUT2D eigenvalue weighted by Crippen LogP contribution is -2.37. The van der Waals surface area contributed by atoms with Gasteiger partial charge in [0.15, 0.2) is 0 Å². The molecule has 1 heterocycles. The third-order valence-electron chi connectivity index (χ3n) is 5.46. The van der Waals surface area contributed by atoms with Crippen molar-refractivity contribution in [3.8, 4) is 5.75 Å². The first kappa shape index (κ1) is 16.4. The molecule has 1 N–H and O–H groups in total. The van der Waals surface area contributed by atoms with Gasteiger partial charge < -0.3 is 10.1 Å². The summed E-state index contributed by atoms with van der Waals surface area (Å²) in [5.74, 6) is 2.23. The number of unbranched alkanes of at least 4 members (excludes halogenated alkanes) is 1. The molecule has 1 aliphatic carbocycles. The summed E-state index contributed by atoms with van der Waals surface area (Å²) >= 11 is 0. The molecule has 1 atom stereocenters. The Morgan fingerprint density at radius 1 is 1.17 bits per heavy atom. The van der Waals surface area contributed by atoms with Gasteiger partial charge in [0.25, 0.3) is 0 Å². The first-order chi connectivity index (χ1) is 11.3. The second-order valence-electron chi connectivity index (χ2n) is 7.10. The SMILES string of the molecule is CCCCC1CCC(C(=O)NC2CCOc3ccccc32)CC1. The summed E-state index contributed by atoms with van der Waals surface area (Å²) in [5, 5.41) is 3.28. The molecule has 3 rings (SSSR count). The monoisotopic (exact) mass is 315 g/mol. The Bertz CT molecular complexity index is 520. The third kappa shape index (κ3) is 4.07. The van der Waals surface area contributed by atoms with Gasteiger partial charge in [-0.25, -0.2) is 0 Å². The van der Waals surface area contributed by atoms with Gasteiger partial charge in [-0.3, -0.25) is 4.79 Å². The van der Waals surface area contributed by atoms with Gasteiger partial charge in [0, 0.05) is 17.9 Å². The van der Waals surface area contributed by atoms with Crippen LogP contribution in [0.4, 0.5) is 0 Å². The van der Waals surface area contributed by atoms with Crippen LogP contribution < -0.4 is 10.1 Å². The first-order valence-corrected chi connectivity index (χ1v) is 9.30. The number of fused-ring (bicyclic) bond motifs is 1. The van der Waals surface area contributed by atoms with Gasteiger partial charge in [-0.15, -0.1) is 0 Å². The standard InChI is InChI=1S/C20H29NO2/c1-2-3-6-15-9-11-16(12-10-15)20(22)21-18-13-14-23-19-8-5-4-7-17(18)19/h4-5,7-8,15-16,18H,2-3,6,9-14H2,1H3,(H,21,22). The second kappa shape index (κ2) is 7.85. The predicted octanol–water partition coefficient (Wildman–Crippen LogP) is 4.62. The van der Waals surface area contributed by atoms with Crippen LogP contribution in [0.1, 0.15) is 69.9 Å². The van der Waals surface area contributed by atoms with E-state index in [2.05, 4.69) is 18.3 Å². The Hall–Kier alpha value is -1.51. The molecule has 2 aliphatic rings. The van der Waals surface area contributed by atoms with Gasteiger partial charge in [-0.2, -0.15) is 0 Å². The lowest BCUT2D eigenvalue weighted by molar-refractivity contribution is -0.127. The molecule has 1 aromatic carbocycles. The molecule has 1 aliphatic heterocycles. The van der Waals surface area contributed by atoms with E-state index in [0.29, 0.717) is 6.61 Å². The van der Waals surface area contributed by atoms with E-state index in [1.807, 2.05) is 18.2 Å². The molecule has 3 heteroatoms. The van der Waals surface area contributed by atoms with E-state index in [0.717, 1.165) is 36.5 Å². The maximum atomic E-state index is 12.6. The average Bonchev–Trinajstić information content (AvgIpc) is 2.60. The van der Waals surface area contributed by atoms with Gasteiger partial charge in [0.05, 0.1) is 12.6 Å². The van der Waals surface area contributed by atoms with Gasteiger partial charge in [0.1, 0.15) is 5.75 Å². The van der Waals surface area contributed by atoms with E-state index in [1.165, 1.54) is 32.1 Å². The minimum Gasteiger partial charge on any atom is -0.493 e. The molecule has 0 radical (unpaired) electrons. The molecule has 0 aromatic heterocycles. The summed E-state index contributed by atoms with van der Waals surface area (Å²) in [4.78, 5) is 12.6. The lowest BCUT2D eigenvalue weighted by Gasteiger charge is -2.31. The van der Waals surface area contributed by atoms with E-state index in [1.54, 1.807) is 0 Å². The number of carbonyl (C=O) groups is 1. The van der Waals surface area contributed by atoms with Crippen molar-refractivity contribution in [3.05, 3.63) is 29.8 Å². The highest BCUT2D eigenvalue weighted by molar-refractivity contribution is 5.79. The molecule has 23 heavy (non-hydrogen) atoms. The Morgan fingerprint density at radius 2 is 1.96 bits per heavy atom. The number of hydrogen-bond acceptors (Lipinski definition) is 2. The van der Waals surface area contributed by atoms with Gasteiger partial charge in [0.2, 0.25) is 5.91 Å². The van der Waals surface area contributed by atoms with Crippen molar-refractivity contribution in [2.75, 3.05) is 6.61 Å². The van der Waals surface area contributed by atoms with Crippen molar-refractivity contribution in [1.82, 2.24) is 5.32 Å². The molecule has 0 saturated heterocycles. The molecule has 126 valence electrons. The van der Waals surface area contributed by atoms with Crippen molar-refractivity contribution in [2.24, 2.45) is 11.8 Å². The highest BCUT2D eigenvalue weighted by Gasteiger charge is 2.29. The van der Waals surface area contributed by atoms with Gasteiger partial charge >= 0.3 is 0 Å². The molecule has 1 unspecified atom stereocenters. The smallest absolute Gasteiger partial charge is 0.223 e. The zero-order chi connectivity index (χ0) is 16.1. The lowest BCUT2D eigenvalue weighted by atomic mass is 9.79. The van der Waals surface area contributed by atoms with Crippen molar-refractivity contribution in [3.63, 3.8) is 0 Å². The topological polar surface area (TPSA) is 38.3 Å². The van der Waals surface area contributed by atoms with Crippen LogP contribution in [0.25, 0.3) is 0 Å². The first-order valence-electron chi connectivity index (χ1n) is 9.30. The van der Waals surface area contributed by atoms with Crippen molar-refractivity contribution in [2.45, 2.75) is 64.3 Å². The van der Waals surface area contributed by atoms with Crippen LogP contribution >= 0.6 is 0 Å². The molecule has 1 aromatic rings. The summed E-state index contributed by atoms with van der Waals surface area (Å²) in [7, 11) is 0. The van der Waals surface area contributed by atoms with Gasteiger partial charge in [-0.05, 0) is 37.7 Å². The van der Waals surface area contributed by atoms with Crippen LogP contribution in [-0.4, -0.2) is 12.5 Å². The number of para-hydroxylation sites is 1. The van der Waals surface area contributed by atoms with E-state index >= 15 is 0 Å². The van der Waals surface area contributed by atoms with Gasteiger partial charge in [-0.1, -0.05) is 44.4 Å². The second-order valence-corrected chi connectivity index (χ2v) is 7.10. The number of benzene rings is 1.